The van der Waals surface area contributed by atoms with Gasteiger partial charge in [0.25, 0.3) is 0 Å². The number of amides is 1. The Hall–Kier alpha value is -1.39. The van der Waals surface area contributed by atoms with E-state index in [4.69, 9.17) is 0 Å². The molecule has 3 N–H and O–H groups in total. The normalized spacial score (nSPS) is 16.9. The van der Waals surface area contributed by atoms with Crippen LogP contribution in [0.5, 0.6) is 0 Å². The maximum absolute atomic E-state index is 11.8. The summed E-state index contributed by atoms with van der Waals surface area (Å²) in [6.07, 6.45) is 1.23. The summed E-state index contributed by atoms with van der Waals surface area (Å²) < 4.78 is 0. The Balaban J connectivity index is 1.79. The predicted molar refractivity (Wildman–Crippen MR) is 70.1 cm³/mol. The number of aliphatic hydroxyl groups excluding tert-OH is 1. The number of rotatable bonds is 6. The van der Waals surface area contributed by atoms with Gasteiger partial charge in [-0.15, -0.1) is 0 Å². The summed E-state index contributed by atoms with van der Waals surface area (Å²) in [6, 6.07) is 9.71. The average Bonchev–Trinajstić information content (AvgIpc) is 2.34. The molecule has 1 aromatic carbocycles. The van der Waals surface area contributed by atoms with Crippen molar-refractivity contribution in [2.45, 2.75) is 18.9 Å². The summed E-state index contributed by atoms with van der Waals surface area (Å²) in [5.41, 5.74) is 1.13. The van der Waals surface area contributed by atoms with Crippen LogP contribution in [0.3, 0.4) is 0 Å². The van der Waals surface area contributed by atoms with Crippen LogP contribution in [0.15, 0.2) is 30.3 Å². The number of aliphatic hydroxyl groups is 1. The summed E-state index contributed by atoms with van der Waals surface area (Å²) >= 11 is 0. The van der Waals surface area contributed by atoms with E-state index < -0.39 is 0 Å². The molecule has 2 rings (SSSR count). The van der Waals surface area contributed by atoms with Crippen molar-refractivity contribution in [1.29, 1.82) is 0 Å². The highest BCUT2D eigenvalue weighted by Crippen LogP contribution is 2.08. The standard InChI is InChI=1S/C14H20N2O2/c17-10-13(6-11-4-2-1-3-5-11)16-14(18)7-12-8-15-9-12/h1-5,12-13,15,17H,6-10H2,(H,16,18). The van der Waals surface area contributed by atoms with Crippen molar-refractivity contribution in [1.82, 2.24) is 10.6 Å². The van der Waals surface area contributed by atoms with E-state index in [0.29, 0.717) is 18.8 Å². The zero-order valence-corrected chi connectivity index (χ0v) is 10.4. The Morgan fingerprint density at radius 3 is 2.67 bits per heavy atom. The van der Waals surface area contributed by atoms with Crippen LogP contribution in [-0.4, -0.2) is 36.8 Å². The van der Waals surface area contributed by atoms with Crippen molar-refractivity contribution in [2.24, 2.45) is 5.92 Å². The first-order chi connectivity index (χ1) is 8.78. The maximum atomic E-state index is 11.8. The van der Waals surface area contributed by atoms with E-state index in [1.807, 2.05) is 30.3 Å². The van der Waals surface area contributed by atoms with Crippen LogP contribution >= 0.6 is 0 Å². The van der Waals surface area contributed by atoms with Gasteiger partial charge in [0.05, 0.1) is 12.6 Å². The van der Waals surface area contributed by atoms with Gasteiger partial charge in [0.2, 0.25) is 5.91 Å². The minimum Gasteiger partial charge on any atom is -0.394 e. The van der Waals surface area contributed by atoms with E-state index in [1.54, 1.807) is 0 Å². The zero-order valence-electron chi connectivity index (χ0n) is 10.4. The highest BCUT2D eigenvalue weighted by molar-refractivity contribution is 5.76. The lowest BCUT2D eigenvalue weighted by Gasteiger charge is -2.27. The van der Waals surface area contributed by atoms with E-state index >= 15 is 0 Å². The molecule has 98 valence electrons. The molecule has 0 aromatic heterocycles. The van der Waals surface area contributed by atoms with Crippen molar-refractivity contribution >= 4 is 5.91 Å². The highest BCUT2D eigenvalue weighted by atomic mass is 16.3. The molecule has 0 saturated carbocycles. The lowest BCUT2D eigenvalue weighted by Crippen LogP contribution is -2.46. The van der Waals surface area contributed by atoms with Crippen LogP contribution in [0.1, 0.15) is 12.0 Å². The topological polar surface area (TPSA) is 61.4 Å². The molecule has 4 heteroatoms. The number of hydrogen-bond donors (Lipinski definition) is 3. The van der Waals surface area contributed by atoms with Crippen LogP contribution < -0.4 is 10.6 Å². The minimum absolute atomic E-state index is 0.0243. The van der Waals surface area contributed by atoms with E-state index in [-0.39, 0.29) is 18.6 Å². The number of benzene rings is 1. The second kappa shape index (κ2) is 6.52. The van der Waals surface area contributed by atoms with Crippen molar-refractivity contribution < 1.29 is 9.90 Å². The molecule has 1 saturated heterocycles. The molecule has 1 amide bonds. The molecule has 1 fully saturated rings. The minimum atomic E-state index is -0.187. The Morgan fingerprint density at radius 1 is 1.39 bits per heavy atom. The van der Waals surface area contributed by atoms with E-state index in [1.165, 1.54) is 0 Å². The fourth-order valence-corrected chi connectivity index (χ4v) is 2.10. The Labute approximate surface area is 107 Å². The summed E-state index contributed by atoms with van der Waals surface area (Å²) in [5.74, 6) is 0.498. The molecule has 0 aliphatic carbocycles. The molecule has 18 heavy (non-hydrogen) atoms. The zero-order chi connectivity index (χ0) is 12.8. The first kappa shape index (κ1) is 13.1. The fourth-order valence-electron chi connectivity index (χ4n) is 2.10. The lowest BCUT2D eigenvalue weighted by molar-refractivity contribution is -0.123. The molecule has 1 aromatic rings. The first-order valence-corrected chi connectivity index (χ1v) is 6.43. The third kappa shape index (κ3) is 3.82. The molecule has 1 unspecified atom stereocenters. The number of carbonyl (C=O) groups is 1. The van der Waals surface area contributed by atoms with Gasteiger partial charge in [-0.25, -0.2) is 0 Å². The highest BCUT2D eigenvalue weighted by Gasteiger charge is 2.21. The number of hydrogen-bond acceptors (Lipinski definition) is 3. The van der Waals surface area contributed by atoms with Gasteiger partial charge in [0, 0.05) is 6.42 Å². The second-order valence-corrected chi connectivity index (χ2v) is 4.87. The van der Waals surface area contributed by atoms with Gasteiger partial charge in [-0.05, 0) is 31.0 Å². The summed E-state index contributed by atoms with van der Waals surface area (Å²) in [7, 11) is 0. The molecule has 0 bridgehead atoms. The summed E-state index contributed by atoms with van der Waals surface area (Å²) in [4.78, 5) is 11.8. The van der Waals surface area contributed by atoms with Crippen molar-refractivity contribution in [3.63, 3.8) is 0 Å². The summed E-state index contributed by atoms with van der Waals surface area (Å²) in [5, 5.41) is 15.4. The average molecular weight is 248 g/mol. The number of carbonyl (C=O) groups excluding carboxylic acids is 1. The SMILES string of the molecule is O=C(CC1CNC1)NC(CO)Cc1ccccc1. The predicted octanol–water partition coefficient (Wildman–Crippen LogP) is 0.316. The molecule has 1 aliphatic rings. The van der Waals surface area contributed by atoms with Gasteiger partial charge in [0.15, 0.2) is 0 Å². The van der Waals surface area contributed by atoms with E-state index in [2.05, 4.69) is 10.6 Å². The smallest absolute Gasteiger partial charge is 0.220 e. The van der Waals surface area contributed by atoms with Crippen LogP contribution in [0.4, 0.5) is 0 Å². The maximum Gasteiger partial charge on any atom is 0.220 e. The molecule has 0 spiro atoms. The van der Waals surface area contributed by atoms with E-state index in [0.717, 1.165) is 18.7 Å². The van der Waals surface area contributed by atoms with E-state index in [9.17, 15) is 9.90 Å². The quantitative estimate of drug-likeness (QED) is 0.679. The fraction of sp³-hybridized carbons (Fsp3) is 0.500. The Bertz CT molecular complexity index is 377. The Kier molecular flexibility index (Phi) is 4.73. The van der Waals surface area contributed by atoms with Crippen molar-refractivity contribution in [2.75, 3.05) is 19.7 Å². The van der Waals surface area contributed by atoms with Crippen molar-refractivity contribution in [3.8, 4) is 0 Å². The largest absolute Gasteiger partial charge is 0.394 e. The van der Waals surface area contributed by atoms with Gasteiger partial charge in [-0.2, -0.15) is 0 Å². The third-order valence-corrected chi connectivity index (χ3v) is 3.25. The second-order valence-electron chi connectivity index (χ2n) is 4.87. The Morgan fingerprint density at radius 2 is 2.11 bits per heavy atom. The molecule has 4 nitrogen and oxygen atoms in total. The van der Waals surface area contributed by atoms with Crippen LogP contribution in [0.25, 0.3) is 0 Å². The van der Waals surface area contributed by atoms with Gasteiger partial charge >= 0.3 is 0 Å². The van der Waals surface area contributed by atoms with Gasteiger partial charge in [0.1, 0.15) is 0 Å². The van der Waals surface area contributed by atoms with Gasteiger partial charge in [-0.1, -0.05) is 30.3 Å². The first-order valence-electron chi connectivity index (χ1n) is 6.43. The molecular formula is C14H20N2O2. The van der Waals surface area contributed by atoms with Crippen molar-refractivity contribution in [3.05, 3.63) is 35.9 Å². The number of nitrogens with one attached hydrogen (secondary N) is 2. The third-order valence-electron chi connectivity index (χ3n) is 3.25. The summed E-state index contributed by atoms with van der Waals surface area (Å²) in [6.45, 7) is 1.83. The molecular weight excluding hydrogens is 228 g/mol. The van der Waals surface area contributed by atoms with Crippen LogP contribution in [0, 0.1) is 5.92 Å². The molecule has 1 heterocycles. The van der Waals surface area contributed by atoms with Gasteiger partial charge in [-0.3, -0.25) is 4.79 Å². The van der Waals surface area contributed by atoms with Gasteiger partial charge < -0.3 is 15.7 Å². The molecule has 1 atom stereocenters. The monoisotopic (exact) mass is 248 g/mol. The van der Waals surface area contributed by atoms with Crippen LogP contribution in [-0.2, 0) is 11.2 Å². The molecule has 1 aliphatic heterocycles. The molecule has 0 radical (unpaired) electrons. The lowest BCUT2D eigenvalue weighted by atomic mass is 9.98. The van der Waals surface area contributed by atoms with Crippen LogP contribution in [0.2, 0.25) is 0 Å².